The van der Waals surface area contributed by atoms with E-state index in [9.17, 15) is 40.3 Å². The van der Waals surface area contributed by atoms with Gasteiger partial charge in [0, 0.05) is 12.6 Å². The molecule has 142 valence electrons. The van der Waals surface area contributed by atoms with Crippen LogP contribution >= 0.6 is 0 Å². The van der Waals surface area contributed by atoms with Crippen LogP contribution in [0.15, 0.2) is 21.7 Å². The lowest BCUT2D eigenvalue weighted by molar-refractivity contribution is -0.144. The maximum atomic E-state index is 14.2. The summed E-state index contributed by atoms with van der Waals surface area (Å²) in [6.07, 6.45) is -9.90. The summed E-state index contributed by atoms with van der Waals surface area (Å²) in [4.78, 5) is 24.4. The molecule has 0 amide bonds. The largest absolute Gasteiger partial charge is 0.432 e. The Morgan fingerprint density at radius 3 is 1.92 bits per heavy atom. The molecule has 4 nitrogen and oxygen atoms in total. The van der Waals surface area contributed by atoms with Gasteiger partial charge in [0.25, 0.3) is 5.56 Å². The first kappa shape index (κ1) is 19.7. The molecule has 1 aromatic heterocycles. The van der Waals surface area contributed by atoms with Crippen LogP contribution in [-0.2, 0) is 19.4 Å². The second-order valence-corrected chi connectivity index (χ2v) is 5.57. The zero-order valence-corrected chi connectivity index (χ0v) is 13.5. The van der Waals surface area contributed by atoms with Crippen LogP contribution in [0.4, 0.5) is 30.7 Å². The molecule has 0 atom stereocenters. The smallest absolute Gasteiger partial charge is 0.292 e. The highest BCUT2D eigenvalue weighted by Crippen LogP contribution is 2.34. The molecule has 2 rings (SSSR count). The number of halogens is 7. The van der Waals surface area contributed by atoms with Gasteiger partial charge in [-0.3, -0.25) is 9.36 Å². The van der Waals surface area contributed by atoms with Gasteiger partial charge in [-0.15, -0.1) is 0 Å². The predicted molar refractivity (Wildman–Crippen MR) is 76.7 cm³/mol. The molecule has 0 saturated heterocycles. The van der Waals surface area contributed by atoms with E-state index in [1.165, 1.54) is 0 Å². The molecule has 0 aliphatic carbocycles. The number of rotatable bonds is 1. The average Bonchev–Trinajstić information content (AvgIpc) is 2.46. The van der Waals surface area contributed by atoms with Crippen molar-refractivity contribution < 1.29 is 30.7 Å². The van der Waals surface area contributed by atoms with E-state index in [1.807, 2.05) is 0 Å². The Kier molecular flexibility index (Phi) is 4.55. The monoisotopic (exact) mass is 384 g/mol. The summed E-state index contributed by atoms with van der Waals surface area (Å²) in [6, 6.07) is 0.678. The van der Waals surface area contributed by atoms with Crippen LogP contribution in [0.5, 0.6) is 0 Å². The molecular formula is C15H11F7N2O2. The first-order valence-electron chi connectivity index (χ1n) is 6.95. The van der Waals surface area contributed by atoms with Gasteiger partial charge in [0.15, 0.2) is 0 Å². The summed E-state index contributed by atoms with van der Waals surface area (Å²) < 4.78 is 91.8. The maximum Gasteiger partial charge on any atom is 0.432 e. The lowest BCUT2D eigenvalue weighted by atomic mass is 10.1. The van der Waals surface area contributed by atoms with E-state index >= 15 is 0 Å². The minimum Gasteiger partial charge on any atom is -0.292 e. The number of aryl methyl sites for hydroxylation is 1. The molecule has 0 radical (unpaired) electrons. The van der Waals surface area contributed by atoms with Gasteiger partial charge in [-0.2, -0.15) is 26.3 Å². The van der Waals surface area contributed by atoms with Crippen LogP contribution in [-0.4, -0.2) is 9.13 Å². The predicted octanol–water partition coefficient (Wildman–Crippen LogP) is 3.33. The lowest BCUT2D eigenvalue weighted by Crippen LogP contribution is -2.43. The first-order chi connectivity index (χ1) is 11.7. The van der Waals surface area contributed by atoms with E-state index in [1.54, 1.807) is 0 Å². The fourth-order valence-electron chi connectivity index (χ4n) is 2.61. The molecule has 0 aliphatic heterocycles. The summed E-state index contributed by atoms with van der Waals surface area (Å²) in [5.74, 6) is -1.57. The van der Waals surface area contributed by atoms with E-state index in [-0.39, 0.29) is 15.2 Å². The lowest BCUT2D eigenvalue weighted by Gasteiger charge is -2.18. The molecule has 0 bridgehead atoms. The number of nitrogens with zero attached hydrogens (tertiary/aromatic N) is 2. The number of hydrogen-bond donors (Lipinski definition) is 0. The molecule has 0 spiro atoms. The number of aromatic nitrogens is 2. The molecule has 0 fully saturated rings. The number of alkyl halides is 6. The fourth-order valence-corrected chi connectivity index (χ4v) is 2.61. The van der Waals surface area contributed by atoms with Crippen molar-refractivity contribution in [2.75, 3.05) is 0 Å². The second kappa shape index (κ2) is 5.99. The van der Waals surface area contributed by atoms with Crippen molar-refractivity contribution >= 4 is 0 Å². The Labute approximate surface area is 141 Å². The van der Waals surface area contributed by atoms with Gasteiger partial charge < -0.3 is 0 Å². The molecule has 0 unspecified atom stereocenters. The summed E-state index contributed by atoms with van der Waals surface area (Å²) in [5, 5.41) is 0. The topological polar surface area (TPSA) is 44.0 Å². The normalized spacial score (nSPS) is 12.5. The molecule has 26 heavy (non-hydrogen) atoms. The summed E-state index contributed by atoms with van der Waals surface area (Å²) in [6.45, 7) is 1.76. The first-order valence-corrected chi connectivity index (χ1v) is 6.95. The molecule has 0 saturated carbocycles. The van der Waals surface area contributed by atoms with Gasteiger partial charge in [-0.1, -0.05) is 0 Å². The van der Waals surface area contributed by atoms with Crippen molar-refractivity contribution in [3.8, 4) is 5.69 Å². The van der Waals surface area contributed by atoms with Crippen LogP contribution in [0.1, 0.15) is 22.4 Å². The standard InChI is InChI=1S/C15H11F7N2O2/c1-6-4-10(9(16)5-8(6)14(17,18)19)24-12(25)7(2)11(15(20,21)22)23(3)13(24)26/h4-5H,1-3H3. The minimum atomic E-state index is -5.02. The second-order valence-electron chi connectivity index (χ2n) is 5.57. The van der Waals surface area contributed by atoms with Crippen LogP contribution in [0.2, 0.25) is 0 Å². The zero-order valence-electron chi connectivity index (χ0n) is 13.5. The molecule has 0 aliphatic rings. The SMILES string of the molecule is Cc1cc(-n2c(=O)c(C)c(C(F)(F)F)n(C)c2=O)c(F)cc1C(F)(F)F. The van der Waals surface area contributed by atoms with E-state index in [0.717, 1.165) is 20.9 Å². The molecule has 1 aromatic carbocycles. The highest BCUT2D eigenvalue weighted by atomic mass is 19.4. The van der Waals surface area contributed by atoms with E-state index < -0.39 is 57.5 Å². The van der Waals surface area contributed by atoms with Crippen LogP contribution in [0.3, 0.4) is 0 Å². The third-order valence-corrected chi connectivity index (χ3v) is 3.80. The van der Waals surface area contributed by atoms with Crippen molar-refractivity contribution in [3.05, 3.63) is 61.2 Å². The Morgan fingerprint density at radius 1 is 0.923 bits per heavy atom. The average molecular weight is 384 g/mol. The van der Waals surface area contributed by atoms with Gasteiger partial charge in [0.05, 0.1) is 11.3 Å². The molecule has 2 aromatic rings. The Bertz CT molecular complexity index is 960. The van der Waals surface area contributed by atoms with Gasteiger partial charge in [0.1, 0.15) is 11.5 Å². The summed E-state index contributed by atoms with van der Waals surface area (Å²) >= 11 is 0. The Balaban J connectivity index is 2.90. The summed E-state index contributed by atoms with van der Waals surface area (Å²) in [7, 11) is 0.725. The zero-order chi connectivity index (χ0) is 20.2. The minimum absolute atomic E-state index is 0.0764. The highest BCUT2D eigenvalue weighted by Gasteiger charge is 2.38. The van der Waals surface area contributed by atoms with E-state index in [2.05, 4.69) is 0 Å². The van der Waals surface area contributed by atoms with Gasteiger partial charge in [-0.25, -0.2) is 13.8 Å². The number of benzene rings is 1. The van der Waals surface area contributed by atoms with Crippen molar-refractivity contribution in [2.24, 2.45) is 7.05 Å². The Morgan fingerprint density at radius 2 is 1.46 bits per heavy atom. The number of hydrogen-bond acceptors (Lipinski definition) is 2. The quantitative estimate of drug-likeness (QED) is 0.708. The molecular weight excluding hydrogens is 373 g/mol. The third kappa shape index (κ3) is 3.13. The van der Waals surface area contributed by atoms with E-state index in [0.29, 0.717) is 6.07 Å². The molecule has 0 N–H and O–H groups in total. The van der Waals surface area contributed by atoms with Crippen LogP contribution in [0, 0.1) is 19.7 Å². The summed E-state index contributed by atoms with van der Waals surface area (Å²) in [5.41, 5.74) is -8.11. The van der Waals surface area contributed by atoms with Crippen molar-refractivity contribution in [2.45, 2.75) is 26.2 Å². The van der Waals surface area contributed by atoms with Gasteiger partial charge in [0.2, 0.25) is 0 Å². The van der Waals surface area contributed by atoms with Crippen molar-refractivity contribution in [3.63, 3.8) is 0 Å². The highest BCUT2D eigenvalue weighted by molar-refractivity contribution is 5.43. The van der Waals surface area contributed by atoms with E-state index in [4.69, 9.17) is 0 Å². The Hall–Kier alpha value is -2.59. The fraction of sp³-hybridized carbons (Fsp3) is 0.333. The maximum absolute atomic E-state index is 14.2. The van der Waals surface area contributed by atoms with Crippen LogP contribution < -0.4 is 11.2 Å². The van der Waals surface area contributed by atoms with Gasteiger partial charge in [-0.05, 0) is 31.5 Å². The van der Waals surface area contributed by atoms with Crippen molar-refractivity contribution in [1.29, 1.82) is 0 Å². The third-order valence-electron chi connectivity index (χ3n) is 3.80. The van der Waals surface area contributed by atoms with Crippen LogP contribution in [0.25, 0.3) is 5.69 Å². The molecule has 1 heterocycles. The molecule has 11 heteroatoms. The van der Waals surface area contributed by atoms with Gasteiger partial charge >= 0.3 is 18.0 Å². The van der Waals surface area contributed by atoms with Crippen molar-refractivity contribution in [1.82, 2.24) is 9.13 Å².